The summed E-state index contributed by atoms with van der Waals surface area (Å²) in [5.41, 5.74) is 0. The summed E-state index contributed by atoms with van der Waals surface area (Å²) in [4.78, 5) is 0.413. The largest absolute Gasteiger partial charge is 0.493 e. The average molecular weight is 488 g/mol. The summed E-state index contributed by atoms with van der Waals surface area (Å²) in [6, 6.07) is 21.6. The lowest BCUT2D eigenvalue weighted by Gasteiger charge is -2.31. The van der Waals surface area contributed by atoms with E-state index in [0.717, 1.165) is 0 Å². The molecular weight excluding hydrogens is 462 g/mol. The lowest BCUT2D eigenvalue weighted by molar-refractivity contribution is 0.345. The van der Waals surface area contributed by atoms with Crippen molar-refractivity contribution >= 4 is 19.9 Å². The van der Waals surface area contributed by atoms with Crippen molar-refractivity contribution in [3.8, 4) is 17.2 Å². The number of nitrogens with zero attached hydrogens (tertiary/aromatic N) is 1. The van der Waals surface area contributed by atoms with E-state index in [0.29, 0.717) is 17.2 Å². The first-order chi connectivity index (χ1) is 15.8. The van der Waals surface area contributed by atoms with Gasteiger partial charge >= 0.3 is 0 Å². The molecule has 7 nitrogen and oxygen atoms in total. The summed E-state index contributed by atoms with van der Waals surface area (Å²) in [6.45, 7) is 0.303. The van der Waals surface area contributed by atoms with Crippen LogP contribution in [0.2, 0.25) is 0 Å². The zero-order valence-corrected chi connectivity index (χ0v) is 19.8. The van der Waals surface area contributed by atoms with Gasteiger partial charge in [-0.05, 0) is 61.4 Å². The molecule has 3 aromatic rings. The van der Waals surface area contributed by atoms with Gasteiger partial charge in [-0.2, -0.15) is 4.31 Å². The molecule has 3 aromatic carbocycles. The highest BCUT2D eigenvalue weighted by Gasteiger charge is 2.35. The van der Waals surface area contributed by atoms with E-state index in [-0.39, 0.29) is 35.7 Å². The van der Waals surface area contributed by atoms with Crippen molar-refractivity contribution in [3.05, 3.63) is 78.9 Å². The molecule has 0 atom stereocenters. The van der Waals surface area contributed by atoms with E-state index in [1.807, 2.05) is 12.1 Å². The maximum absolute atomic E-state index is 13.1. The molecule has 4 rings (SSSR count). The molecule has 1 saturated heterocycles. The first-order valence-corrected chi connectivity index (χ1v) is 13.5. The zero-order chi connectivity index (χ0) is 23.5. The summed E-state index contributed by atoms with van der Waals surface area (Å²) < 4.78 is 64.3. The Balaban J connectivity index is 1.44. The topological polar surface area (TPSA) is 90.0 Å². The van der Waals surface area contributed by atoms with E-state index in [1.54, 1.807) is 61.7 Å². The van der Waals surface area contributed by atoms with E-state index < -0.39 is 25.1 Å². The molecule has 1 aliphatic heterocycles. The second-order valence-electron chi connectivity index (χ2n) is 7.69. The Morgan fingerprint density at radius 2 is 1.30 bits per heavy atom. The average Bonchev–Trinajstić information content (AvgIpc) is 2.85. The van der Waals surface area contributed by atoms with Crippen LogP contribution in [0.3, 0.4) is 0 Å². The van der Waals surface area contributed by atoms with Gasteiger partial charge in [-0.3, -0.25) is 0 Å². The second kappa shape index (κ2) is 9.54. The summed E-state index contributed by atoms with van der Waals surface area (Å²) in [5.74, 6) is 1.57. The minimum absolute atomic E-state index is 0.138. The molecule has 1 heterocycles. The van der Waals surface area contributed by atoms with Crippen LogP contribution in [-0.4, -0.2) is 46.6 Å². The van der Waals surface area contributed by atoms with Crippen molar-refractivity contribution in [2.75, 3.05) is 20.2 Å². The predicted molar refractivity (Wildman–Crippen MR) is 125 cm³/mol. The lowest BCUT2D eigenvalue weighted by Crippen LogP contribution is -2.42. The fraction of sp³-hybridized carbons (Fsp3) is 0.250. The SMILES string of the molecule is COc1ccccc1Oc1ccc(S(=O)(=O)N2CCC(S(=O)(=O)c3ccccc3)CC2)cc1. The molecule has 0 saturated carbocycles. The number of benzene rings is 3. The molecule has 174 valence electrons. The minimum atomic E-state index is -3.74. The van der Waals surface area contributed by atoms with Crippen molar-refractivity contribution in [3.63, 3.8) is 0 Å². The van der Waals surface area contributed by atoms with Crippen molar-refractivity contribution in [2.45, 2.75) is 27.9 Å². The molecule has 0 radical (unpaired) electrons. The molecule has 0 spiro atoms. The smallest absolute Gasteiger partial charge is 0.243 e. The quantitative estimate of drug-likeness (QED) is 0.498. The van der Waals surface area contributed by atoms with Crippen molar-refractivity contribution in [1.29, 1.82) is 0 Å². The first kappa shape index (κ1) is 23.3. The third-order valence-electron chi connectivity index (χ3n) is 5.67. The summed E-state index contributed by atoms with van der Waals surface area (Å²) in [7, 11) is -5.68. The summed E-state index contributed by atoms with van der Waals surface area (Å²) in [6.07, 6.45) is 0.511. The number of sulfonamides is 1. The van der Waals surface area contributed by atoms with Gasteiger partial charge in [0.2, 0.25) is 10.0 Å². The maximum Gasteiger partial charge on any atom is 0.243 e. The van der Waals surface area contributed by atoms with E-state index in [2.05, 4.69) is 0 Å². The minimum Gasteiger partial charge on any atom is -0.493 e. The molecular formula is C24H25NO6S2. The monoisotopic (exact) mass is 487 g/mol. The number of rotatable bonds is 7. The Hall–Kier alpha value is -2.88. The molecule has 1 fully saturated rings. The van der Waals surface area contributed by atoms with Crippen LogP contribution in [0.25, 0.3) is 0 Å². The first-order valence-electron chi connectivity index (χ1n) is 10.5. The van der Waals surface area contributed by atoms with Gasteiger partial charge in [-0.15, -0.1) is 0 Å². The van der Waals surface area contributed by atoms with E-state index in [4.69, 9.17) is 9.47 Å². The Labute approximate surface area is 194 Å². The van der Waals surface area contributed by atoms with Gasteiger partial charge in [0.25, 0.3) is 0 Å². The standard InChI is InChI=1S/C24H25NO6S2/c1-30-23-9-5-6-10-24(23)31-19-11-13-22(14-12-19)33(28,29)25-17-15-21(16-18-25)32(26,27)20-7-3-2-4-8-20/h2-14,21H,15-18H2,1H3. The van der Waals surface area contributed by atoms with Crippen molar-refractivity contribution in [2.24, 2.45) is 0 Å². The van der Waals surface area contributed by atoms with Crippen LogP contribution in [0, 0.1) is 0 Å². The predicted octanol–water partition coefficient (Wildman–Crippen LogP) is 4.11. The molecule has 1 aliphatic rings. The van der Waals surface area contributed by atoms with Gasteiger partial charge < -0.3 is 9.47 Å². The van der Waals surface area contributed by atoms with Gasteiger partial charge in [-0.25, -0.2) is 16.8 Å². The molecule has 0 unspecified atom stereocenters. The number of methoxy groups -OCH3 is 1. The number of ether oxygens (including phenoxy) is 2. The van der Waals surface area contributed by atoms with Gasteiger partial charge in [-0.1, -0.05) is 30.3 Å². The molecule has 0 aromatic heterocycles. The highest BCUT2D eigenvalue weighted by molar-refractivity contribution is 7.92. The Morgan fingerprint density at radius 1 is 0.727 bits per heavy atom. The lowest BCUT2D eigenvalue weighted by atomic mass is 10.2. The van der Waals surface area contributed by atoms with E-state index in [1.165, 1.54) is 16.4 Å². The Kier molecular flexibility index (Phi) is 6.73. The van der Waals surface area contributed by atoms with E-state index >= 15 is 0 Å². The molecule has 0 aliphatic carbocycles. The Morgan fingerprint density at radius 3 is 1.91 bits per heavy atom. The molecule has 0 amide bonds. The summed E-state index contributed by atoms with van der Waals surface area (Å²) in [5, 5.41) is -0.594. The van der Waals surface area contributed by atoms with Crippen LogP contribution in [0.4, 0.5) is 0 Å². The highest BCUT2D eigenvalue weighted by atomic mass is 32.2. The number of piperidine rings is 1. The maximum atomic E-state index is 13.1. The number of hydrogen-bond acceptors (Lipinski definition) is 6. The van der Waals surface area contributed by atoms with Gasteiger partial charge in [0.1, 0.15) is 5.75 Å². The molecule has 33 heavy (non-hydrogen) atoms. The van der Waals surface area contributed by atoms with Crippen LogP contribution in [-0.2, 0) is 19.9 Å². The van der Waals surface area contributed by atoms with Crippen LogP contribution >= 0.6 is 0 Å². The highest BCUT2D eigenvalue weighted by Crippen LogP contribution is 2.32. The molecule has 0 bridgehead atoms. The van der Waals surface area contributed by atoms with Crippen LogP contribution < -0.4 is 9.47 Å². The van der Waals surface area contributed by atoms with Gasteiger partial charge in [0.15, 0.2) is 21.3 Å². The fourth-order valence-corrected chi connectivity index (χ4v) is 7.07. The summed E-state index contributed by atoms with van der Waals surface area (Å²) >= 11 is 0. The number of sulfone groups is 1. The van der Waals surface area contributed by atoms with E-state index in [9.17, 15) is 16.8 Å². The van der Waals surface area contributed by atoms with Crippen LogP contribution in [0.15, 0.2) is 88.7 Å². The molecule has 0 N–H and O–H groups in total. The van der Waals surface area contributed by atoms with Crippen LogP contribution in [0.1, 0.15) is 12.8 Å². The third-order valence-corrected chi connectivity index (χ3v) is 9.86. The number of para-hydroxylation sites is 2. The molecule has 9 heteroatoms. The van der Waals surface area contributed by atoms with Crippen LogP contribution in [0.5, 0.6) is 17.2 Å². The normalized spacial score (nSPS) is 15.8. The van der Waals surface area contributed by atoms with Crippen molar-refractivity contribution < 1.29 is 26.3 Å². The van der Waals surface area contributed by atoms with Crippen molar-refractivity contribution in [1.82, 2.24) is 4.31 Å². The van der Waals surface area contributed by atoms with Gasteiger partial charge in [0.05, 0.1) is 22.2 Å². The van der Waals surface area contributed by atoms with Gasteiger partial charge in [0, 0.05) is 13.1 Å². The second-order valence-corrected chi connectivity index (χ2v) is 11.9. The Bertz CT molecular complexity index is 1300. The number of hydrogen-bond donors (Lipinski definition) is 0. The fourth-order valence-electron chi connectivity index (χ4n) is 3.84. The zero-order valence-electron chi connectivity index (χ0n) is 18.1. The third kappa shape index (κ3) is 4.90.